The number of oxazole rings is 1. The van der Waals surface area contributed by atoms with Crippen LogP contribution in [-0.4, -0.2) is 30.4 Å². The van der Waals surface area contributed by atoms with Crippen LogP contribution in [-0.2, 0) is 21.7 Å². The minimum absolute atomic E-state index is 0.213. The van der Waals surface area contributed by atoms with E-state index in [4.69, 9.17) is 9.15 Å². The number of carbonyl (C=O) groups excluding carboxylic acids is 1. The number of hydrogen-bond donors (Lipinski definition) is 0. The number of hydrogen-bond acceptors (Lipinski definition) is 6. The zero-order chi connectivity index (χ0) is 20.6. The Morgan fingerprint density at radius 1 is 1.14 bits per heavy atom. The lowest BCUT2D eigenvalue weighted by molar-refractivity contribution is -0.137. The molecule has 0 saturated carbocycles. The molecule has 0 fully saturated rings. The molecule has 0 aliphatic heterocycles. The van der Waals surface area contributed by atoms with Gasteiger partial charge in [0, 0.05) is 17.7 Å². The molecule has 29 heavy (non-hydrogen) atoms. The van der Waals surface area contributed by atoms with Crippen molar-refractivity contribution in [3.63, 3.8) is 0 Å². The van der Waals surface area contributed by atoms with Crippen molar-refractivity contribution in [2.24, 2.45) is 0 Å². The first kappa shape index (κ1) is 21.0. The summed E-state index contributed by atoms with van der Waals surface area (Å²) in [6.45, 7) is 4.50. The zero-order valence-corrected chi connectivity index (χ0v) is 17.8. The van der Waals surface area contributed by atoms with Gasteiger partial charge in [-0.25, -0.2) is 4.98 Å². The zero-order valence-electron chi connectivity index (χ0n) is 16.9. The molecule has 0 spiro atoms. The van der Waals surface area contributed by atoms with Crippen LogP contribution in [0.1, 0.15) is 22.6 Å². The average molecular weight is 412 g/mol. The van der Waals surface area contributed by atoms with Gasteiger partial charge in [0.2, 0.25) is 5.89 Å². The molecule has 1 heterocycles. The number of methoxy groups -OCH3 is 1. The molecule has 3 aromatic rings. The van der Waals surface area contributed by atoms with E-state index in [0.29, 0.717) is 24.7 Å². The van der Waals surface area contributed by atoms with Crippen molar-refractivity contribution >= 4 is 17.7 Å². The second-order valence-electron chi connectivity index (χ2n) is 6.65. The number of aryl methyl sites for hydroxylation is 2. The molecule has 0 N–H and O–H groups in total. The fourth-order valence-corrected chi connectivity index (χ4v) is 3.69. The Morgan fingerprint density at radius 2 is 1.97 bits per heavy atom. The Labute approximate surface area is 175 Å². The van der Waals surface area contributed by atoms with Crippen LogP contribution in [0, 0.1) is 13.8 Å². The van der Waals surface area contributed by atoms with E-state index in [-0.39, 0.29) is 5.97 Å². The smallest absolute Gasteiger partial charge is 0.315 e. The molecule has 0 radical (unpaired) electrons. The SMILES string of the molecule is COC(=O)CSCc1cccc(OCCc2nc(-c3ccccc3C)oc2C)c1. The summed E-state index contributed by atoms with van der Waals surface area (Å²) in [4.78, 5) is 15.9. The number of esters is 1. The van der Waals surface area contributed by atoms with Gasteiger partial charge < -0.3 is 13.9 Å². The lowest BCUT2D eigenvalue weighted by Crippen LogP contribution is -2.04. The Hall–Kier alpha value is -2.73. The molecule has 0 unspecified atom stereocenters. The standard InChI is InChI=1S/C23H25NO4S/c1-16-7-4-5-10-20(16)23-24-21(17(2)28-23)11-12-27-19-9-6-8-18(13-19)14-29-15-22(25)26-3/h4-10,13H,11-12,14-15H2,1-3H3. The molecule has 3 rings (SSSR count). The molecule has 1 aromatic heterocycles. The third-order valence-corrected chi connectivity index (χ3v) is 5.47. The highest BCUT2D eigenvalue weighted by molar-refractivity contribution is 7.99. The lowest BCUT2D eigenvalue weighted by atomic mass is 10.1. The van der Waals surface area contributed by atoms with Gasteiger partial charge in [-0.15, -0.1) is 11.8 Å². The van der Waals surface area contributed by atoms with Crippen molar-refractivity contribution in [2.45, 2.75) is 26.0 Å². The molecule has 0 bridgehead atoms. The van der Waals surface area contributed by atoms with Crippen molar-refractivity contribution in [1.29, 1.82) is 0 Å². The highest BCUT2D eigenvalue weighted by Gasteiger charge is 2.13. The van der Waals surface area contributed by atoms with E-state index in [0.717, 1.165) is 39.6 Å². The van der Waals surface area contributed by atoms with Gasteiger partial charge in [0.25, 0.3) is 0 Å². The second kappa shape index (κ2) is 10.2. The molecule has 152 valence electrons. The van der Waals surface area contributed by atoms with Crippen molar-refractivity contribution in [2.75, 3.05) is 19.5 Å². The van der Waals surface area contributed by atoms with Gasteiger partial charge in [0.1, 0.15) is 11.5 Å². The summed E-state index contributed by atoms with van der Waals surface area (Å²) >= 11 is 1.52. The first-order valence-corrected chi connectivity index (χ1v) is 10.6. The van der Waals surface area contributed by atoms with Gasteiger partial charge in [-0.3, -0.25) is 4.79 Å². The van der Waals surface area contributed by atoms with E-state index >= 15 is 0 Å². The first-order chi connectivity index (χ1) is 14.1. The topological polar surface area (TPSA) is 61.6 Å². The van der Waals surface area contributed by atoms with Crippen LogP contribution >= 0.6 is 11.8 Å². The molecular weight excluding hydrogens is 386 g/mol. The molecule has 5 nitrogen and oxygen atoms in total. The largest absolute Gasteiger partial charge is 0.493 e. The Morgan fingerprint density at radius 3 is 2.76 bits per heavy atom. The molecule has 0 aliphatic carbocycles. The maximum absolute atomic E-state index is 11.2. The van der Waals surface area contributed by atoms with Crippen LogP contribution in [0.25, 0.3) is 11.5 Å². The maximum atomic E-state index is 11.2. The van der Waals surface area contributed by atoms with Gasteiger partial charge in [0.15, 0.2) is 0 Å². The van der Waals surface area contributed by atoms with Crippen molar-refractivity contribution in [1.82, 2.24) is 4.98 Å². The summed E-state index contributed by atoms with van der Waals surface area (Å²) in [7, 11) is 1.40. The predicted octanol–water partition coefficient (Wildman–Crippen LogP) is 4.99. The summed E-state index contributed by atoms with van der Waals surface area (Å²) in [5, 5.41) is 0. The summed E-state index contributed by atoms with van der Waals surface area (Å²) < 4.78 is 16.4. The van der Waals surface area contributed by atoms with E-state index in [1.54, 1.807) is 0 Å². The maximum Gasteiger partial charge on any atom is 0.315 e. The van der Waals surface area contributed by atoms with E-state index in [1.165, 1.54) is 18.9 Å². The number of benzene rings is 2. The minimum Gasteiger partial charge on any atom is -0.493 e. The van der Waals surface area contributed by atoms with Crippen LogP contribution in [0.5, 0.6) is 5.75 Å². The Balaban J connectivity index is 1.55. The highest BCUT2D eigenvalue weighted by atomic mass is 32.2. The van der Waals surface area contributed by atoms with E-state index in [1.807, 2.05) is 62.4 Å². The monoisotopic (exact) mass is 411 g/mol. The summed E-state index contributed by atoms with van der Waals surface area (Å²) in [5.41, 5.74) is 4.17. The average Bonchev–Trinajstić information content (AvgIpc) is 3.09. The van der Waals surface area contributed by atoms with Crippen LogP contribution in [0.4, 0.5) is 0 Å². The molecular formula is C23H25NO4S. The molecule has 0 saturated heterocycles. The van der Waals surface area contributed by atoms with Gasteiger partial charge in [-0.05, 0) is 43.2 Å². The summed E-state index contributed by atoms with van der Waals surface area (Å²) in [5.74, 6) is 3.14. The molecule has 0 amide bonds. The lowest BCUT2D eigenvalue weighted by Gasteiger charge is -2.07. The van der Waals surface area contributed by atoms with Gasteiger partial charge in [-0.1, -0.05) is 30.3 Å². The normalized spacial score (nSPS) is 10.7. The van der Waals surface area contributed by atoms with E-state index in [2.05, 4.69) is 9.72 Å². The Kier molecular flexibility index (Phi) is 7.36. The highest BCUT2D eigenvalue weighted by Crippen LogP contribution is 2.25. The van der Waals surface area contributed by atoms with E-state index in [9.17, 15) is 4.79 Å². The van der Waals surface area contributed by atoms with Crippen LogP contribution < -0.4 is 4.74 Å². The molecule has 0 aliphatic rings. The Bertz CT molecular complexity index is 967. The number of ether oxygens (including phenoxy) is 2. The third-order valence-electron chi connectivity index (χ3n) is 4.49. The van der Waals surface area contributed by atoms with E-state index < -0.39 is 0 Å². The predicted molar refractivity (Wildman–Crippen MR) is 115 cm³/mol. The number of thioether (sulfide) groups is 1. The number of rotatable bonds is 9. The number of carbonyl (C=O) groups is 1. The molecule has 6 heteroatoms. The summed E-state index contributed by atoms with van der Waals surface area (Å²) in [6, 6.07) is 16.0. The van der Waals surface area contributed by atoms with Crippen molar-refractivity contribution in [3.05, 3.63) is 71.1 Å². The second-order valence-corrected chi connectivity index (χ2v) is 7.64. The quantitative estimate of drug-likeness (QED) is 0.463. The number of aromatic nitrogens is 1. The molecule has 0 atom stereocenters. The minimum atomic E-state index is -0.213. The van der Waals surface area contributed by atoms with Gasteiger partial charge in [0.05, 0.1) is 25.2 Å². The van der Waals surface area contributed by atoms with Crippen molar-refractivity contribution in [3.8, 4) is 17.2 Å². The van der Waals surface area contributed by atoms with Crippen molar-refractivity contribution < 1.29 is 18.7 Å². The van der Waals surface area contributed by atoms with Gasteiger partial charge in [-0.2, -0.15) is 0 Å². The fraction of sp³-hybridized carbons (Fsp3) is 0.304. The van der Waals surface area contributed by atoms with Crippen LogP contribution in [0.3, 0.4) is 0 Å². The number of nitrogens with zero attached hydrogens (tertiary/aromatic N) is 1. The van der Waals surface area contributed by atoms with Gasteiger partial charge >= 0.3 is 5.97 Å². The van der Waals surface area contributed by atoms with Crippen LogP contribution in [0.2, 0.25) is 0 Å². The fourth-order valence-electron chi connectivity index (χ4n) is 2.89. The summed E-state index contributed by atoms with van der Waals surface area (Å²) in [6.07, 6.45) is 0.669. The molecule has 2 aromatic carbocycles. The third kappa shape index (κ3) is 5.87. The van der Waals surface area contributed by atoms with Crippen LogP contribution in [0.15, 0.2) is 52.9 Å². The first-order valence-electron chi connectivity index (χ1n) is 9.45.